The molecule has 5 heteroatoms. The Kier molecular flexibility index (Phi) is 5.06. The van der Waals surface area contributed by atoms with Gasteiger partial charge in [0, 0.05) is 11.4 Å². The summed E-state index contributed by atoms with van der Waals surface area (Å²) in [5.41, 5.74) is 2.65. The van der Waals surface area contributed by atoms with Gasteiger partial charge >= 0.3 is 0 Å². The third kappa shape index (κ3) is 4.39. The Morgan fingerprint density at radius 2 is 2.00 bits per heavy atom. The first-order valence-electron chi connectivity index (χ1n) is 6.52. The second kappa shape index (κ2) is 6.99. The molecule has 21 heavy (non-hydrogen) atoms. The van der Waals surface area contributed by atoms with Gasteiger partial charge in [0.1, 0.15) is 5.75 Å². The quantitative estimate of drug-likeness (QED) is 0.885. The highest BCUT2D eigenvalue weighted by atomic mass is 35.5. The normalized spacial score (nSPS) is 10.0. The Hall–Kier alpha value is -2.20. The summed E-state index contributed by atoms with van der Waals surface area (Å²) in [6.45, 7) is 2.14. The second-order valence-electron chi connectivity index (χ2n) is 4.62. The number of hydrogen-bond donors (Lipinski definition) is 2. The number of carbonyl (C=O) groups excluding carboxylic acids is 1. The molecule has 1 amide bonds. The van der Waals surface area contributed by atoms with Gasteiger partial charge in [-0.25, -0.2) is 0 Å². The molecule has 0 saturated heterocycles. The highest BCUT2D eigenvalue weighted by Crippen LogP contribution is 2.27. The molecule has 0 aliphatic heterocycles. The lowest BCUT2D eigenvalue weighted by Crippen LogP contribution is -2.21. The van der Waals surface area contributed by atoms with Gasteiger partial charge in [0.2, 0.25) is 5.91 Å². The number of aryl methyl sites for hydroxylation is 1. The molecule has 0 aliphatic carbocycles. The zero-order valence-electron chi connectivity index (χ0n) is 11.9. The van der Waals surface area contributed by atoms with Crippen LogP contribution in [0.3, 0.4) is 0 Å². The molecule has 0 heterocycles. The van der Waals surface area contributed by atoms with Crippen molar-refractivity contribution in [1.82, 2.24) is 0 Å². The zero-order chi connectivity index (χ0) is 15.2. The number of rotatable bonds is 5. The van der Waals surface area contributed by atoms with Crippen LogP contribution in [0.2, 0.25) is 5.02 Å². The van der Waals surface area contributed by atoms with E-state index in [1.165, 1.54) is 0 Å². The number of anilines is 2. The Balaban J connectivity index is 1.90. The Labute approximate surface area is 129 Å². The van der Waals surface area contributed by atoms with E-state index in [1.807, 2.05) is 37.3 Å². The van der Waals surface area contributed by atoms with Crippen LogP contribution in [0, 0.1) is 6.92 Å². The molecule has 0 aliphatic rings. The summed E-state index contributed by atoms with van der Waals surface area (Å²) in [6, 6.07) is 12.9. The Morgan fingerprint density at radius 3 is 2.67 bits per heavy atom. The fourth-order valence-electron chi connectivity index (χ4n) is 1.89. The standard InChI is InChI=1S/C16H17ClN2O2/c1-11-4-3-5-13(8-11)19-16(20)10-18-12-6-7-15(21-2)14(17)9-12/h3-9,18H,10H2,1-2H3,(H,19,20). The lowest BCUT2D eigenvalue weighted by atomic mass is 10.2. The molecule has 0 atom stereocenters. The first kappa shape index (κ1) is 15.2. The van der Waals surface area contributed by atoms with Crippen LogP contribution in [0.25, 0.3) is 0 Å². The van der Waals surface area contributed by atoms with Crippen LogP contribution in [0.5, 0.6) is 5.75 Å². The predicted octanol–water partition coefficient (Wildman–Crippen LogP) is 3.71. The minimum absolute atomic E-state index is 0.118. The number of nitrogens with one attached hydrogen (secondary N) is 2. The third-order valence-electron chi connectivity index (χ3n) is 2.91. The maximum absolute atomic E-state index is 11.9. The molecular formula is C16H17ClN2O2. The van der Waals surface area contributed by atoms with E-state index in [0.29, 0.717) is 10.8 Å². The van der Waals surface area contributed by atoms with Crippen LogP contribution in [0.15, 0.2) is 42.5 Å². The van der Waals surface area contributed by atoms with Crippen LogP contribution in [0.1, 0.15) is 5.56 Å². The molecule has 0 aromatic heterocycles. The molecule has 2 aromatic carbocycles. The number of amides is 1. The van der Waals surface area contributed by atoms with Gasteiger partial charge in [0.15, 0.2) is 0 Å². The van der Waals surface area contributed by atoms with Gasteiger partial charge in [-0.15, -0.1) is 0 Å². The van der Waals surface area contributed by atoms with E-state index >= 15 is 0 Å². The van der Waals surface area contributed by atoms with Gasteiger partial charge in [-0.2, -0.15) is 0 Å². The van der Waals surface area contributed by atoms with Gasteiger partial charge in [-0.05, 0) is 42.8 Å². The van der Waals surface area contributed by atoms with E-state index < -0.39 is 0 Å². The lowest BCUT2D eigenvalue weighted by molar-refractivity contribution is -0.114. The smallest absolute Gasteiger partial charge is 0.243 e. The molecule has 4 nitrogen and oxygen atoms in total. The third-order valence-corrected chi connectivity index (χ3v) is 3.20. The largest absolute Gasteiger partial charge is 0.495 e. The SMILES string of the molecule is COc1ccc(NCC(=O)Nc2cccc(C)c2)cc1Cl. The topological polar surface area (TPSA) is 50.4 Å². The minimum Gasteiger partial charge on any atom is -0.495 e. The number of carbonyl (C=O) groups is 1. The van der Waals surface area contributed by atoms with Crippen LogP contribution >= 0.6 is 11.6 Å². The van der Waals surface area contributed by atoms with E-state index in [4.69, 9.17) is 16.3 Å². The summed E-state index contributed by atoms with van der Waals surface area (Å²) >= 11 is 6.03. The second-order valence-corrected chi connectivity index (χ2v) is 5.03. The van der Waals surface area contributed by atoms with Gasteiger partial charge in [-0.1, -0.05) is 23.7 Å². The molecule has 0 bridgehead atoms. The van der Waals surface area contributed by atoms with E-state index in [9.17, 15) is 4.79 Å². The number of methoxy groups -OCH3 is 1. The number of ether oxygens (including phenoxy) is 1. The molecule has 0 radical (unpaired) electrons. The van der Waals surface area contributed by atoms with Crippen molar-refractivity contribution >= 4 is 28.9 Å². The lowest BCUT2D eigenvalue weighted by Gasteiger charge is -2.10. The van der Waals surface area contributed by atoms with Crippen molar-refractivity contribution in [2.24, 2.45) is 0 Å². The van der Waals surface area contributed by atoms with Crippen molar-refractivity contribution < 1.29 is 9.53 Å². The Morgan fingerprint density at radius 1 is 1.19 bits per heavy atom. The van der Waals surface area contributed by atoms with Gasteiger partial charge < -0.3 is 15.4 Å². The maximum atomic E-state index is 11.9. The van der Waals surface area contributed by atoms with Gasteiger partial charge in [0.05, 0.1) is 18.7 Å². The van der Waals surface area contributed by atoms with Crippen LogP contribution in [0.4, 0.5) is 11.4 Å². The average Bonchev–Trinajstić information content (AvgIpc) is 2.45. The molecule has 2 N–H and O–H groups in total. The fourth-order valence-corrected chi connectivity index (χ4v) is 2.14. The highest BCUT2D eigenvalue weighted by molar-refractivity contribution is 6.32. The van der Waals surface area contributed by atoms with Crippen molar-refractivity contribution in [3.63, 3.8) is 0 Å². The minimum atomic E-state index is -0.118. The zero-order valence-corrected chi connectivity index (χ0v) is 12.7. The summed E-state index contributed by atoms with van der Waals surface area (Å²) < 4.78 is 5.08. The summed E-state index contributed by atoms with van der Waals surface area (Å²) in [4.78, 5) is 11.9. The monoisotopic (exact) mass is 304 g/mol. The van der Waals surface area contributed by atoms with Crippen LogP contribution < -0.4 is 15.4 Å². The molecule has 0 saturated carbocycles. The first-order valence-corrected chi connectivity index (χ1v) is 6.90. The number of hydrogen-bond acceptors (Lipinski definition) is 3. The Bertz CT molecular complexity index is 644. The summed E-state index contributed by atoms with van der Waals surface area (Å²) in [5.74, 6) is 0.485. The van der Waals surface area contributed by atoms with Gasteiger partial charge in [-0.3, -0.25) is 4.79 Å². The first-order chi connectivity index (χ1) is 10.1. The summed E-state index contributed by atoms with van der Waals surface area (Å²) in [6.07, 6.45) is 0. The highest BCUT2D eigenvalue weighted by Gasteiger charge is 2.05. The summed E-state index contributed by atoms with van der Waals surface area (Å²) in [7, 11) is 1.56. The summed E-state index contributed by atoms with van der Waals surface area (Å²) in [5, 5.41) is 6.35. The molecule has 0 fully saturated rings. The predicted molar refractivity (Wildman–Crippen MR) is 86.3 cm³/mol. The molecule has 0 spiro atoms. The van der Waals surface area contributed by atoms with Crippen LogP contribution in [-0.4, -0.2) is 19.6 Å². The molecule has 2 aromatic rings. The average molecular weight is 305 g/mol. The van der Waals surface area contributed by atoms with E-state index in [2.05, 4.69) is 10.6 Å². The van der Waals surface area contributed by atoms with E-state index in [1.54, 1.807) is 19.2 Å². The van der Waals surface area contributed by atoms with Crippen LogP contribution in [-0.2, 0) is 4.79 Å². The van der Waals surface area contributed by atoms with Crippen molar-refractivity contribution in [3.8, 4) is 5.75 Å². The maximum Gasteiger partial charge on any atom is 0.243 e. The molecule has 2 rings (SSSR count). The molecule has 110 valence electrons. The number of benzene rings is 2. The molecular weight excluding hydrogens is 288 g/mol. The van der Waals surface area contributed by atoms with Gasteiger partial charge in [0.25, 0.3) is 0 Å². The molecule has 0 unspecified atom stereocenters. The van der Waals surface area contributed by atoms with Crippen molar-refractivity contribution in [2.75, 3.05) is 24.3 Å². The fraction of sp³-hybridized carbons (Fsp3) is 0.188. The van der Waals surface area contributed by atoms with E-state index in [-0.39, 0.29) is 12.5 Å². The number of halogens is 1. The van der Waals surface area contributed by atoms with Crippen molar-refractivity contribution in [1.29, 1.82) is 0 Å². The van der Waals surface area contributed by atoms with Crippen molar-refractivity contribution in [3.05, 3.63) is 53.1 Å². The van der Waals surface area contributed by atoms with E-state index in [0.717, 1.165) is 16.9 Å². The van der Waals surface area contributed by atoms with Crippen molar-refractivity contribution in [2.45, 2.75) is 6.92 Å².